The molecular weight excluding hydrogens is 308 g/mol. The van der Waals surface area contributed by atoms with E-state index in [1.165, 1.54) is 12.1 Å². The fourth-order valence-corrected chi connectivity index (χ4v) is 1.95. The van der Waals surface area contributed by atoms with Crippen molar-refractivity contribution in [2.24, 2.45) is 0 Å². The molecule has 5 nitrogen and oxygen atoms in total. The predicted molar refractivity (Wildman–Crippen MR) is 82.4 cm³/mol. The molecule has 0 atom stereocenters. The highest BCUT2D eigenvalue weighted by Crippen LogP contribution is 2.23. The van der Waals surface area contributed by atoms with Crippen molar-refractivity contribution in [3.8, 4) is 17.2 Å². The molecule has 6 heteroatoms. The fourth-order valence-electron chi connectivity index (χ4n) is 1.78. The summed E-state index contributed by atoms with van der Waals surface area (Å²) in [5.41, 5.74) is 0.0250. The van der Waals surface area contributed by atoms with Gasteiger partial charge in [0.15, 0.2) is 0 Å². The summed E-state index contributed by atoms with van der Waals surface area (Å²) in [5.74, 6) is 0.596. The molecule has 0 aliphatic carbocycles. The van der Waals surface area contributed by atoms with Gasteiger partial charge in [-0.1, -0.05) is 11.6 Å². The van der Waals surface area contributed by atoms with E-state index in [1.54, 1.807) is 37.4 Å². The number of carboxylic acids is 1. The highest BCUT2D eigenvalue weighted by atomic mass is 35.5. The van der Waals surface area contributed by atoms with Gasteiger partial charge in [0.1, 0.15) is 36.0 Å². The van der Waals surface area contributed by atoms with Gasteiger partial charge in [0.25, 0.3) is 0 Å². The molecule has 0 aliphatic rings. The number of methoxy groups -OCH3 is 1. The van der Waals surface area contributed by atoms with E-state index in [-0.39, 0.29) is 24.5 Å². The normalized spacial score (nSPS) is 10.1. The topological polar surface area (TPSA) is 65.0 Å². The lowest BCUT2D eigenvalue weighted by Gasteiger charge is -2.11. The third kappa shape index (κ3) is 4.30. The fraction of sp³-hybridized carbons (Fsp3) is 0.188. The molecule has 0 heterocycles. The van der Waals surface area contributed by atoms with Crippen LogP contribution in [0.25, 0.3) is 0 Å². The quantitative estimate of drug-likeness (QED) is 0.790. The average molecular weight is 323 g/mol. The molecule has 0 aliphatic heterocycles. The Hall–Kier alpha value is -2.40. The van der Waals surface area contributed by atoms with Gasteiger partial charge in [-0.05, 0) is 42.5 Å². The molecule has 0 saturated heterocycles. The number of benzene rings is 2. The zero-order chi connectivity index (χ0) is 15.9. The molecule has 0 saturated carbocycles. The van der Waals surface area contributed by atoms with E-state index in [2.05, 4.69) is 0 Å². The summed E-state index contributed by atoms with van der Waals surface area (Å²) < 4.78 is 16.0. The second kappa shape index (κ2) is 7.56. The van der Waals surface area contributed by atoms with E-state index >= 15 is 0 Å². The van der Waals surface area contributed by atoms with Crippen LogP contribution in [0.1, 0.15) is 10.4 Å². The summed E-state index contributed by atoms with van der Waals surface area (Å²) in [6.45, 7) is 0.502. The number of carboxylic acid groups (broad SMARTS) is 1. The van der Waals surface area contributed by atoms with Crippen molar-refractivity contribution in [3.05, 3.63) is 53.1 Å². The minimum absolute atomic E-state index is 0.0250. The highest BCUT2D eigenvalue weighted by Gasteiger charge is 2.11. The van der Waals surface area contributed by atoms with Crippen LogP contribution in [0.5, 0.6) is 17.2 Å². The highest BCUT2D eigenvalue weighted by molar-refractivity contribution is 6.31. The van der Waals surface area contributed by atoms with Crippen LogP contribution >= 0.6 is 11.6 Å². The van der Waals surface area contributed by atoms with Gasteiger partial charge in [-0.2, -0.15) is 0 Å². The maximum absolute atomic E-state index is 11.1. The average Bonchev–Trinajstić information content (AvgIpc) is 2.53. The van der Waals surface area contributed by atoms with E-state index in [9.17, 15) is 4.79 Å². The standard InChI is InChI=1S/C16H15ClO5/c1-20-12-3-5-13(6-4-12)21-8-9-22-15-7-2-11(17)10-14(15)16(18)19/h2-7,10H,8-9H2,1H3,(H,18,19). The lowest BCUT2D eigenvalue weighted by atomic mass is 10.2. The first-order valence-electron chi connectivity index (χ1n) is 6.52. The number of hydrogen-bond acceptors (Lipinski definition) is 4. The molecule has 1 N–H and O–H groups in total. The van der Waals surface area contributed by atoms with Crippen molar-refractivity contribution in [1.29, 1.82) is 0 Å². The Balaban J connectivity index is 1.87. The van der Waals surface area contributed by atoms with Crippen molar-refractivity contribution in [1.82, 2.24) is 0 Å². The van der Waals surface area contributed by atoms with Crippen LogP contribution in [-0.2, 0) is 0 Å². The van der Waals surface area contributed by atoms with Gasteiger partial charge in [0, 0.05) is 5.02 Å². The molecule has 0 spiro atoms. The van der Waals surface area contributed by atoms with E-state index in [0.29, 0.717) is 10.8 Å². The van der Waals surface area contributed by atoms with Crippen LogP contribution in [0.15, 0.2) is 42.5 Å². The molecule has 0 radical (unpaired) electrons. The van der Waals surface area contributed by atoms with Gasteiger partial charge < -0.3 is 19.3 Å². The monoisotopic (exact) mass is 322 g/mol. The number of aromatic carboxylic acids is 1. The molecule has 0 amide bonds. The molecule has 0 bridgehead atoms. The van der Waals surface area contributed by atoms with Crippen LogP contribution < -0.4 is 14.2 Å². The summed E-state index contributed by atoms with van der Waals surface area (Å²) in [6, 6.07) is 11.6. The van der Waals surface area contributed by atoms with Crippen LogP contribution in [0.3, 0.4) is 0 Å². The molecule has 0 unspecified atom stereocenters. The molecule has 116 valence electrons. The summed E-state index contributed by atoms with van der Waals surface area (Å²) in [4.78, 5) is 11.1. The van der Waals surface area contributed by atoms with Crippen LogP contribution in [0, 0.1) is 0 Å². The van der Waals surface area contributed by atoms with Crippen molar-refractivity contribution >= 4 is 17.6 Å². The Bertz CT molecular complexity index is 639. The van der Waals surface area contributed by atoms with Gasteiger partial charge >= 0.3 is 5.97 Å². The number of hydrogen-bond donors (Lipinski definition) is 1. The Morgan fingerprint density at radius 2 is 1.68 bits per heavy atom. The second-order valence-corrected chi connectivity index (χ2v) is 4.75. The zero-order valence-electron chi connectivity index (χ0n) is 11.9. The number of carbonyl (C=O) groups is 1. The molecular formula is C16H15ClO5. The first-order chi connectivity index (χ1) is 10.6. The molecule has 0 aromatic heterocycles. The molecule has 22 heavy (non-hydrogen) atoms. The van der Waals surface area contributed by atoms with Crippen LogP contribution in [0.4, 0.5) is 0 Å². The molecule has 2 aromatic carbocycles. The Kier molecular flexibility index (Phi) is 5.49. The first kappa shape index (κ1) is 16.0. The predicted octanol–water partition coefficient (Wildman–Crippen LogP) is 3.50. The van der Waals surface area contributed by atoms with Crippen LogP contribution in [-0.4, -0.2) is 31.4 Å². The van der Waals surface area contributed by atoms with Crippen LogP contribution in [0.2, 0.25) is 5.02 Å². The lowest BCUT2D eigenvalue weighted by molar-refractivity contribution is 0.0691. The number of ether oxygens (including phenoxy) is 3. The third-order valence-corrected chi connectivity index (χ3v) is 3.08. The van der Waals surface area contributed by atoms with Gasteiger partial charge in [-0.25, -0.2) is 4.79 Å². The molecule has 0 fully saturated rings. The maximum atomic E-state index is 11.1. The van der Waals surface area contributed by atoms with E-state index in [1.807, 2.05) is 0 Å². The molecule has 2 rings (SSSR count). The smallest absolute Gasteiger partial charge is 0.339 e. The summed E-state index contributed by atoms with van der Waals surface area (Å²) in [7, 11) is 1.59. The van der Waals surface area contributed by atoms with E-state index in [4.69, 9.17) is 30.9 Å². The minimum atomic E-state index is -1.09. The van der Waals surface area contributed by atoms with E-state index < -0.39 is 5.97 Å². The van der Waals surface area contributed by atoms with Gasteiger partial charge in [0.05, 0.1) is 7.11 Å². The summed E-state index contributed by atoms with van der Waals surface area (Å²) in [5, 5.41) is 9.44. The third-order valence-electron chi connectivity index (χ3n) is 2.84. The lowest BCUT2D eigenvalue weighted by Crippen LogP contribution is -2.11. The number of rotatable bonds is 7. The van der Waals surface area contributed by atoms with Crippen molar-refractivity contribution in [2.75, 3.05) is 20.3 Å². The summed E-state index contributed by atoms with van der Waals surface area (Å²) >= 11 is 5.77. The van der Waals surface area contributed by atoms with Crippen molar-refractivity contribution < 1.29 is 24.1 Å². The summed E-state index contributed by atoms with van der Waals surface area (Å²) in [6.07, 6.45) is 0. The maximum Gasteiger partial charge on any atom is 0.339 e. The van der Waals surface area contributed by atoms with Gasteiger partial charge in [0.2, 0.25) is 0 Å². The van der Waals surface area contributed by atoms with Crippen molar-refractivity contribution in [2.45, 2.75) is 0 Å². The largest absolute Gasteiger partial charge is 0.497 e. The number of halogens is 1. The van der Waals surface area contributed by atoms with Gasteiger partial charge in [-0.3, -0.25) is 0 Å². The zero-order valence-corrected chi connectivity index (χ0v) is 12.7. The Morgan fingerprint density at radius 1 is 1.05 bits per heavy atom. The van der Waals surface area contributed by atoms with Gasteiger partial charge in [-0.15, -0.1) is 0 Å². The second-order valence-electron chi connectivity index (χ2n) is 4.32. The Labute approximate surface area is 133 Å². The first-order valence-corrected chi connectivity index (χ1v) is 6.90. The SMILES string of the molecule is COc1ccc(OCCOc2ccc(Cl)cc2C(=O)O)cc1. The Morgan fingerprint density at radius 3 is 2.32 bits per heavy atom. The van der Waals surface area contributed by atoms with Crippen molar-refractivity contribution in [3.63, 3.8) is 0 Å². The van der Waals surface area contributed by atoms with E-state index in [0.717, 1.165) is 5.75 Å². The minimum Gasteiger partial charge on any atom is -0.497 e. The molecule has 2 aromatic rings.